The second-order valence-electron chi connectivity index (χ2n) is 5.77. The van der Waals surface area contributed by atoms with Gasteiger partial charge in [-0.25, -0.2) is 0 Å². The van der Waals surface area contributed by atoms with Gasteiger partial charge in [-0.2, -0.15) is 0 Å². The summed E-state index contributed by atoms with van der Waals surface area (Å²) in [5, 5.41) is 0. The van der Waals surface area contributed by atoms with E-state index in [1.807, 2.05) is 29.2 Å². The highest BCUT2D eigenvalue weighted by Crippen LogP contribution is 2.22. The number of rotatable bonds is 2. The molecule has 3 nitrogen and oxygen atoms in total. The molecule has 2 heterocycles. The number of hydrogen-bond acceptors (Lipinski definition) is 2. The highest BCUT2D eigenvalue weighted by atomic mass is 127. The maximum absolute atomic E-state index is 12.4. The van der Waals surface area contributed by atoms with Crippen LogP contribution in [-0.2, 0) is 0 Å². The maximum Gasteiger partial charge on any atom is 0.253 e. The lowest BCUT2D eigenvalue weighted by Gasteiger charge is -2.36. The molecule has 2 saturated heterocycles. The monoisotopic (exact) mass is 384 g/mol. The van der Waals surface area contributed by atoms with E-state index in [0.29, 0.717) is 6.04 Å². The first-order chi connectivity index (χ1) is 9.74. The molecule has 1 aromatic carbocycles. The highest BCUT2D eigenvalue weighted by Gasteiger charge is 2.28. The SMILES string of the molecule is O=C(c1ccc(I)cc1)N1CCC(N2CCCC2)CC1. The van der Waals surface area contributed by atoms with Gasteiger partial charge in [-0.05, 0) is 85.6 Å². The molecule has 0 spiro atoms. The van der Waals surface area contributed by atoms with E-state index in [4.69, 9.17) is 0 Å². The normalized spacial score (nSPS) is 21.4. The largest absolute Gasteiger partial charge is 0.339 e. The topological polar surface area (TPSA) is 23.6 Å². The number of carbonyl (C=O) groups excluding carboxylic acids is 1. The van der Waals surface area contributed by atoms with Gasteiger partial charge in [-0.15, -0.1) is 0 Å². The highest BCUT2D eigenvalue weighted by molar-refractivity contribution is 14.1. The zero-order valence-corrected chi connectivity index (χ0v) is 13.9. The molecule has 1 aromatic rings. The smallest absolute Gasteiger partial charge is 0.253 e. The number of likely N-dealkylation sites (tertiary alicyclic amines) is 2. The quantitative estimate of drug-likeness (QED) is 0.732. The van der Waals surface area contributed by atoms with Crippen LogP contribution in [0.3, 0.4) is 0 Å². The van der Waals surface area contributed by atoms with Crippen molar-refractivity contribution in [3.05, 3.63) is 33.4 Å². The molecule has 2 fully saturated rings. The van der Waals surface area contributed by atoms with Gasteiger partial charge in [0, 0.05) is 28.3 Å². The molecule has 0 aromatic heterocycles. The van der Waals surface area contributed by atoms with Crippen molar-refractivity contribution in [2.75, 3.05) is 26.2 Å². The molecule has 0 N–H and O–H groups in total. The Hall–Kier alpha value is -0.620. The Morgan fingerprint density at radius 2 is 1.60 bits per heavy atom. The predicted octanol–water partition coefficient (Wildman–Crippen LogP) is 2.99. The Balaban J connectivity index is 1.57. The summed E-state index contributed by atoms with van der Waals surface area (Å²) in [5.74, 6) is 0.196. The zero-order valence-electron chi connectivity index (χ0n) is 11.7. The van der Waals surface area contributed by atoms with Gasteiger partial charge >= 0.3 is 0 Å². The van der Waals surface area contributed by atoms with Crippen molar-refractivity contribution in [1.82, 2.24) is 9.80 Å². The van der Waals surface area contributed by atoms with Gasteiger partial charge in [-0.1, -0.05) is 0 Å². The summed E-state index contributed by atoms with van der Waals surface area (Å²) in [6.45, 7) is 4.34. The van der Waals surface area contributed by atoms with Crippen molar-refractivity contribution < 1.29 is 4.79 Å². The number of hydrogen-bond donors (Lipinski definition) is 0. The molecule has 0 atom stereocenters. The van der Waals surface area contributed by atoms with Crippen LogP contribution in [0.1, 0.15) is 36.0 Å². The first kappa shape index (κ1) is 14.3. The van der Waals surface area contributed by atoms with Crippen LogP contribution < -0.4 is 0 Å². The van der Waals surface area contributed by atoms with E-state index < -0.39 is 0 Å². The number of carbonyl (C=O) groups is 1. The standard InChI is InChI=1S/C16H21IN2O/c17-14-5-3-13(4-6-14)16(20)19-11-7-15(8-12-19)18-9-1-2-10-18/h3-6,15H,1-2,7-12H2. The van der Waals surface area contributed by atoms with Crippen LogP contribution in [0.5, 0.6) is 0 Å². The second-order valence-corrected chi connectivity index (χ2v) is 7.02. The first-order valence-corrected chi connectivity index (χ1v) is 8.61. The molecule has 2 aliphatic rings. The van der Waals surface area contributed by atoms with Gasteiger partial charge in [-0.3, -0.25) is 4.79 Å². The van der Waals surface area contributed by atoms with Gasteiger partial charge in [0.05, 0.1) is 0 Å². The van der Waals surface area contributed by atoms with Crippen LogP contribution in [0.25, 0.3) is 0 Å². The lowest BCUT2D eigenvalue weighted by atomic mass is 10.0. The van der Waals surface area contributed by atoms with Crippen molar-refractivity contribution in [3.63, 3.8) is 0 Å². The molecule has 0 bridgehead atoms. The Kier molecular flexibility index (Phi) is 4.61. The number of nitrogens with zero attached hydrogens (tertiary/aromatic N) is 2. The zero-order chi connectivity index (χ0) is 13.9. The third kappa shape index (κ3) is 3.17. The minimum Gasteiger partial charge on any atom is -0.339 e. The summed E-state index contributed by atoms with van der Waals surface area (Å²) in [6, 6.07) is 8.60. The van der Waals surface area contributed by atoms with E-state index in [2.05, 4.69) is 27.5 Å². The molecule has 108 valence electrons. The van der Waals surface area contributed by atoms with Gasteiger partial charge in [0.15, 0.2) is 0 Å². The third-order valence-electron chi connectivity index (χ3n) is 4.50. The minimum absolute atomic E-state index is 0.196. The summed E-state index contributed by atoms with van der Waals surface area (Å²) in [7, 11) is 0. The molecular weight excluding hydrogens is 363 g/mol. The van der Waals surface area contributed by atoms with Crippen molar-refractivity contribution in [1.29, 1.82) is 0 Å². The molecule has 0 aliphatic carbocycles. The second kappa shape index (κ2) is 6.43. The van der Waals surface area contributed by atoms with Crippen LogP contribution in [-0.4, -0.2) is 47.9 Å². The van der Waals surface area contributed by atoms with Crippen LogP contribution in [0.2, 0.25) is 0 Å². The summed E-state index contributed by atoms with van der Waals surface area (Å²) in [5.41, 5.74) is 0.824. The van der Waals surface area contributed by atoms with E-state index in [0.717, 1.165) is 31.5 Å². The number of benzene rings is 1. The molecule has 20 heavy (non-hydrogen) atoms. The Labute approximate surface area is 134 Å². The fourth-order valence-corrected chi connectivity index (χ4v) is 3.68. The fourth-order valence-electron chi connectivity index (χ4n) is 3.32. The lowest BCUT2D eigenvalue weighted by Crippen LogP contribution is -2.45. The molecule has 0 radical (unpaired) electrons. The number of amides is 1. The van der Waals surface area contributed by atoms with E-state index in [-0.39, 0.29) is 5.91 Å². The Morgan fingerprint density at radius 3 is 2.20 bits per heavy atom. The molecule has 4 heteroatoms. The van der Waals surface area contributed by atoms with E-state index in [1.165, 1.54) is 29.5 Å². The Morgan fingerprint density at radius 1 is 1.00 bits per heavy atom. The predicted molar refractivity (Wildman–Crippen MR) is 88.9 cm³/mol. The van der Waals surface area contributed by atoms with Crippen LogP contribution >= 0.6 is 22.6 Å². The average molecular weight is 384 g/mol. The molecule has 2 aliphatic heterocycles. The van der Waals surface area contributed by atoms with Crippen molar-refractivity contribution in [2.24, 2.45) is 0 Å². The number of halogens is 1. The first-order valence-electron chi connectivity index (χ1n) is 7.53. The summed E-state index contributed by atoms with van der Waals surface area (Å²) in [6.07, 6.45) is 4.97. The van der Waals surface area contributed by atoms with Crippen LogP contribution in [0.15, 0.2) is 24.3 Å². The average Bonchev–Trinajstić information content (AvgIpc) is 3.02. The van der Waals surface area contributed by atoms with E-state index in [9.17, 15) is 4.79 Å². The van der Waals surface area contributed by atoms with Crippen molar-refractivity contribution in [2.45, 2.75) is 31.7 Å². The van der Waals surface area contributed by atoms with Crippen molar-refractivity contribution in [3.8, 4) is 0 Å². The fraction of sp³-hybridized carbons (Fsp3) is 0.562. The minimum atomic E-state index is 0.196. The molecule has 0 unspecified atom stereocenters. The number of piperidine rings is 1. The van der Waals surface area contributed by atoms with Gasteiger partial charge in [0.1, 0.15) is 0 Å². The summed E-state index contributed by atoms with van der Waals surface area (Å²) in [4.78, 5) is 17.1. The van der Waals surface area contributed by atoms with Gasteiger partial charge in [0.25, 0.3) is 5.91 Å². The molecule has 3 rings (SSSR count). The third-order valence-corrected chi connectivity index (χ3v) is 5.22. The van der Waals surface area contributed by atoms with Gasteiger partial charge in [0.2, 0.25) is 0 Å². The Bertz CT molecular complexity index is 460. The van der Waals surface area contributed by atoms with Crippen LogP contribution in [0, 0.1) is 3.57 Å². The van der Waals surface area contributed by atoms with Crippen molar-refractivity contribution >= 4 is 28.5 Å². The molecular formula is C16H21IN2O. The van der Waals surface area contributed by atoms with Crippen LogP contribution in [0.4, 0.5) is 0 Å². The maximum atomic E-state index is 12.4. The molecule has 1 amide bonds. The van der Waals surface area contributed by atoms with Gasteiger partial charge < -0.3 is 9.80 Å². The lowest BCUT2D eigenvalue weighted by molar-refractivity contribution is 0.0644. The van der Waals surface area contributed by atoms with E-state index >= 15 is 0 Å². The van der Waals surface area contributed by atoms with E-state index in [1.54, 1.807) is 0 Å². The summed E-state index contributed by atoms with van der Waals surface area (Å²) >= 11 is 2.27. The molecule has 0 saturated carbocycles. The summed E-state index contributed by atoms with van der Waals surface area (Å²) < 4.78 is 1.17.